The van der Waals surface area contributed by atoms with Crippen LogP contribution < -0.4 is 11.5 Å². The quantitative estimate of drug-likeness (QED) is 0.894. The molecule has 1 aromatic heterocycles. The summed E-state index contributed by atoms with van der Waals surface area (Å²) in [6.07, 6.45) is 1.66. The predicted octanol–water partition coefficient (Wildman–Crippen LogP) is 2.78. The van der Waals surface area contributed by atoms with E-state index in [1.165, 1.54) is 5.56 Å². The van der Waals surface area contributed by atoms with Crippen LogP contribution in [-0.4, -0.2) is 4.98 Å². The SMILES string of the molecule is Cc1ccc(C(N)c2cccnc2N)c(Br)c1. The van der Waals surface area contributed by atoms with Gasteiger partial charge in [-0.15, -0.1) is 0 Å². The summed E-state index contributed by atoms with van der Waals surface area (Å²) < 4.78 is 0.994. The number of anilines is 1. The highest BCUT2D eigenvalue weighted by Gasteiger charge is 2.14. The Balaban J connectivity index is 2.44. The maximum Gasteiger partial charge on any atom is 0.128 e. The molecule has 0 bridgehead atoms. The number of pyridine rings is 1. The molecule has 0 amide bonds. The van der Waals surface area contributed by atoms with Gasteiger partial charge in [0.25, 0.3) is 0 Å². The molecule has 1 atom stereocenters. The Morgan fingerprint density at radius 1 is 1.24 bits per heavy atom. The zero-order valence-electron chi connectivity index (χ0n) is 9.52. The van der Waals surface area contributed by atoms with Crippen LogP contribution in [0.25, 0.3) is 0 Å². The summed E-state index contributed by atoms with van der Waals surface area (Å²) in [5, 5.41) is 0. The molecule has 0 aliphatic heterocycles. The first-order chi connectivity index (χ1) is 8.09. The molecule has 0 spiro atoms. The van der Waals surface area contributed by atoms with Gasteiger partial charge < -0.3 is 11.5 Å². The first-order valence-corrected chi connectivity index (χ1v) is 6.11. The summed E-state index contributed by atoms with van der Waals surface area (Å²) in [7, 11) is 0. The Morgan fingerprint density at radius 2 is 2.00 bits per heavy atom. The van der Waals surface area contributed by atoms with Gasteiger partial charge in [-0.1, -0.05) is 34.1 Å². The van der Waals surface area contributed by atoms with Gasteiger partial charge in [-0.2, -0.15) is 0 Å². The van der Waals surface area contributed by atoms with E-state index in [4.69, 9.17) is 11.5 Å². The highest BCUT2D eigenvalue weighted by Crippen LogP contribution is 2.29. The molecule has 88 valence electrons. The van der Waals surface area contributed by atoms with Crippen molar-refractivity contribution in [1.82, 2.24) is 4.98 Å². The number of nitrogens with two attached hydrogens (primary N) is 2. The Kier molecular flexibility index (Phi) is 3.45. The highest BCUT2D eigenvalue weighted by molar-refractivity contribution is 9.10. The Hall–Kier alpha value is -1.39. The molecule has 0 radical (unpaired) electrons. The molecule has 2 rings (SSSR count). The van der Waals surface area contributed by atoms with Crippen molar-refractivity contribution in [3.63, 3.8) is 0 Å². The number of nitrogen functional groups attached to an aromatic ring is 1. The lowest BCUT2D eigenvalue weighted by Crippen LogP contribution is -2.15. The summed E-state index contributed by atoms with van der Waals surface area (Å²) in [5.41, 5.74) is 15.1. The van der Waals surface area contributed by atoms with Gasteiger partial charge in [0, 0.05) is 16.2 Å². The van der Waals surface area contributed by atoms with E-state index in [0.717, 1.165) is 15.6 Å². The van der Waals surface area contributed by atoms with E-state index < -0.39 is 0 Å². The van der Waals surface area contributed by atoms with Crippen LogP contribution >= 0.6 is 15.9 Å². The molecule has 0 saturated carbocycles. The third kappa shape index (κ3) is 2.48. The summed E-state index contributed by atoms with van der Waals surface area (Å²) >= 11 is 3.53. The van der Waals surface area contributed by atoms with Crippen molar-refractivity contribution in [3.05, 3.63) is 57.7 Å². The molecule has 0 aliphatic carbocycles. The molecule has 1 aromatic carbocycles. The largest absolute Gasteiger partial charge is 0.383 e. The molecule has 0 saturated heterocycles. The fourth-order valence-corrected chi connectivity index (χ4v) is 2.48. The van der Waals surface area contributed by atoms with Crippen molar-refractivity contribution in [2.45, 2.75) is 13.0 Å². The van der Waals surface area contributed by atoms with Crippen molar-refractivity contribution in [2.75, 3.05) is 5.73 Å². The summed E-state index contributed by atoms with van der Waals surface area (Å²) in [4.78, 5) is 4.06. The fraction of sp³-hybridized carbons (Fsp3) is 0.154. The van der Waals surface area contributed by atoms with E-state index in [-0.39, 0.29) is 6.04 Å². The van der Waals surface area contributed by atoms with Gasteiger partial charge >= 0.3 is 0 Å². The van der Waals surface area contributed by atoms with Gasteiger partial charge in [0.1, 0.15) is 5.82 Å². The van der Waals surface area contributed by atoms with Crippen molar-refractivity contribution >= 4 is 21.7 Å². The normalized spacial score (nSPS) is 12.4. The molecular formula is C13H14BrN3. The van der Waals surface area contributed by atoms with Crippen molar-refractivity contribution < 1.29 is 0 Å². The average Bonchev–Trinajstić information content (AvgIpc) is 2.29. The molecule has 3 nitrogen and oxygen atoms in total. The molecule has 2 aromatic rings. The van der Waals surface area contributed by atoms with Crippen LogP contribution in [0.1, 0.15) is 22.7 Å². The van der Waals surface area contributed by atoms with E-state index in [1.54, 1.807) is 6.20 Å². The van der Waals surface area contributed by atoms with E-state index in [2.05, 4.69) is 20.9 Å². The molecule has 4 heteroatoms. The van der Waals surface area contributed by atoms with Crippen LogP contribution in [-0.2, 0) is 0 Å². The van der Waals surface area contributed by atoms with E-state index >= 15 is 0 Å². The lowest BCUT2D eigenvalue weighted by atomic mass is 9.99. The minimum atomic E-state index is -0.265. The zero-order chi connectivity index (χ0) is 12.4. The molecular weight excluding hydrogens is 278 g/mol. The molecule has 1 unspecified atom stereocenters. The molecule has 1 heterocycles. The van der Waals surface area contributed by atoms with Crippen LogP contribution in [0.4, 0.5) is 5.82 Å². The van der Waals surface area contributed by atoms with Gasteiger partial charge in [0.2, 0.25) is 0 Å². The Morgan fingerprint density at radius 3 is 2.65 bits per heavy atom. The standard InChI is InChI=1S/C13H14BrN3/c1-8-4-5-9(11(14)7-8)12(15)10-3-2-6-17-13(10)16/h2-7,12H,15H2,1H3,(H2,16,17). The predicted molar refractivity (Wildman–Crippen MR) is 73.6 cm³/mol. The highest BCUT2D eigenvalue weighted by atomic mass is 79.9. The summed E-state index contributed by atoms with van der Waals surface area (Å²) in [6.45, 7) is 2.04. The van der Waals surface area contributed by atoms with Crippen LogP contribution in [0.2, 0.25) is 0 Å². The molecule has 17 heavy (non-hydrogen) atoms. The summed E-state index contributed by atoms with van der Waals surface area (Å²) in [5.74, 6) is 0.479. The average molecular weight is 292 g/mol. The van der Waals surface area contributed by atoms with Gasteiger partial charge in [-0.3, -0.25) is 0 Å². The first-order valence-electron chi connectivity index (χ1n) is 5.31. The second kappa shape index (κ2) is 4.85. The number of aromatic nitrogens is 1. The number of nitrogens with zero attached hydrogens (tertiary/aromatic N) is 1. The topological polar surface area (TPSA) is 64.9 Å². The smallest absolute Gasteiger partial charge is 0.128 e. The van der Waals surface area contributed by atoms with E-state index in [9.17, 15) is 0 Å². The zero-order valence-corrected chi connectivity index (χ0v) is 11.1. The first kappa shape index (κ1) is 12.1. The minimum absolute atomic E-state index is 0.265. The molecule has 0 fully saturated rings. The van der Waals surface area contributed by atoms with Crippen molar-refractivity contribution in [1.29, 1.82) is 0 Å². The monoisotopic (exact) mass is 291 g/mol. The van der Waals surface area contributed by atoms with Crippen molar-refractivity contribution in [3.8, 4) is 0 Å². The lowest BCUT2D eigenvalue weighted by Gasteiger charge is -2.16. The summed E-state index contributed by atoms with van der Waals surface area (Å²) in [6, 6.07) is 9.57. The number of halogens is 1. The van der Waals surface area contributed by atoms with Gasteiger partial charge in [0.15, 0.2) is 0 Å². The van der Waals surface area contributed by atoms with Gasteiger partial charge in [-0.25, -0.2) is 4.98 Å². The van der Waals surface area contributed by atoms with Crippen LogP contribution in [0.5, 0.6) is 0 Å². The van der Waals surface area contributed by atoms with Crippen molar-refractivity contribution in [2.24, 2.45) is 5.73 Å². The minimum Gasteiger partial charge on any atom is -0.383 e. The third-order valence-electron chi connectivity index (χ3n) is 2.70. The maximum atomic E-state index is 6.22. The second-order valence-corrected chi connectivity index (χ2v) is 4.83. The van der Waals surface area contributed by atoms with E-state index in [0.29, 0.717) is 5.82 Å². The van der Waals surface area contributed by atoms with Gasteiger partial charge in [0.05, 0.1) is 6.04 Å². The van der Waals surface area contributed by atoms with Crippen LogP contribution in [0.3, 0.4) is 0 Å². The fourth-order valence-electron chi connectivity index (χ4n) is 1.74. The number of rotatable bonds is 2. The third-order valence-corrected chi connectivity index (χ3v) is 3.38. The second-order valence-electron chi connectivity index (χ2n) is 3.98. The van der Waals surface area contributed by atoms with Crippen LogP contribution in [0.15, 0.2) is 41.0 Å². The van der Waals surface area contributed by atoms with E-state index in [1.807, 2.05) is 37.3 Å². The molecule has 0 aliphatic rings. The van der Waals surface area contributed by atoms with Gasteiger partial charge in [-0.05, 0) is 30.2 Å². The number of benzene rings is 1. The lowest BCUT2D eigenvalue weighted by molar-refractivity contribution is 0.861. The Labute approximate surface area is 109 Å². The number of hydrogen-bond donors (Lipinski definition) is 2. The number of hydrogen-bond acceptors (Lipinski definition) is 3. The molecule has 4 N–H and O–H groups in total. The maximum absolute atomic E-state index is 6.22. The van der Waals surface area contributed by atoms with Crippen LogP contribution in [0, 0.1) is 6.92 Å². The Bertz CT molecular complexity index is 540. The number of aryl methyl sites for hydroxylation is 1.